The molecule has 0 amide bonds. The predicted molar refractivity (Wildman–Crippen MR) is 74.2 cm³/mol. The van der Waals surface area contributed by atoms with Gasteiger partial charge in [0.15, 0.2) is 0 Å². The molecule has 0 spiro atoms. The lowest BCUT2D eigenvalue weighted by Gasteiger charge is -2.40. The fraction of sp³-hybridized carbons (Fsp3) is 1.00. The molecule has 1 aliphatic heterocycles. The van der Waals surface area contributed by atoms with Gasteiger partial charge in [0.2, 0.25) is 0 Å². The van der Waals surface area contributed by atoms with Crippen molar-refractivity contribution in [2.24, 2.45) is 11.3 Å². The number of nitrogens with zero attached hydrogens (tertiary/aromatic N) is 1. The zero-order valence-corrected chi connectivity index (χ0v) is 12.1. The predicted octanol–water partition coefficient (Wildman–Crippen LogP) is 2.89. The van der Waals surface area contributed by atoms with E-state index in [1.807, 2.05) is 0 Å². The molecule has 0 bridgehead atoms. The molecular formula is C15H30N2. The van der Waals surface area contributed by atoms with E-state index in [0.717, 1.165) is 18.0 Å². The minimum atomic E-state index is 0.517. The maximum Gasteiger partial charge on any atom is 0.0204 e. The normalized spacial score (nSPS) is 36.4. The van der Waals surface area contributed by atoms with Crippen molar-refractivity contribution in [1.29, 1.82) is 0 Å². The smallest absolute Gasteiger partial charge is 0.0204 e. The molecule has 2 nitrogen and oxygen atoms in total. The quantitative estimate of drug-likeness (QED) is 0.796. The first-order valence-corrected chi connectivity index (χ1v) is 7.42. The Bertz CT molecular complexity index is 236. The molecule has 17 heavy (non-hydrogen) atoms. The first-order chi connectivity index (χ1) is 8.00. The summed E-state index contributed by atoms with van der Waals surface area (Å²) in [6, 6.07) is 1.63. The third kappa shape index (κ3) is 3.23. The van der Waals surface area contributed by atoms with E-state index in [1.165, 1.54) is 45.2 Å². The van der Waals surface area contributed by atoms with Gasteiger partial charge in [-0.15, -0.1) is 0 Å². The van der Waals surface area contributed by atoms with Crippen LogP contribution in [0.5, 0.6) is 0 Å². The SMILES string of the molecule is CNC1CCN(C2CCC(C(C)(C)C)CC2)C1. The summed E-state index contributed by atoms with van der Waals surface area (Å²) >= 11 is 0. The molecule has 0 aromatic carbocycles. The molecule has 2 heteroatoms. The Morgan fingerprint density at radius 1 is 1.00 bits per heavy atom. The van der Waals surface area contributed by atoms with Crippen molar-refractivity contribution >= 4 is 0 Å². The zero-order chi connectivity index (χ0) is 12.5. The standard InChI is InChI=1S/C15H30N2/c1-15(2,3)12-5-7-14(8-6-12)17-10-9-13(11-17)16-4/h12-14,16H,5-11H2,1-4H3. The van der Waals surface area contributed by atoms with Gasteiger partial charge in [-0.3, -0.25) is 4.90 Å². The Kier molecular flexibility index (Phi) is 4.14. The van der Waals surface area contributed by atoms with Crippen molar-refractivity contribution in [2.75, 3.05) is 20.1 Å². The lowest BCUT2D eigenvalue weighted by atomic mass is 9.71. The van der Waals surface area contributed by atoms with Gasteiger partial charge in [0.05, 0.1) is 0 Å². The van der Waals surface area contributed by atoms with Crippen LogP contribution in [0, 0.1) is 11.3 Å². The second-order valence-electron chi connectivity index (χ2n) is 7.14. The lowest BCUT2D eigenvalue weighted by molar-refractivity contribution is 0.109. The highest BCUT2D eigenvalue weighted by molar-refractivity contribution is 4.89. The largest absolute Gasteiger partial charge is 0.316 e. The fourth-order valence-corrected chi connectivity index (χ4v) is 3.66. The number of likely N-dealkylation sites (N-methyl/N-ethyl adjacent to an activating group) is 1. The van der Waals surface area contributed by atoms with Crippen molar-refractivity contribution in [1.82, 2.24) is 10.2 Å². The Morgan fingerprint density at radius 3 is 2.12 bits per heavy atom. The van der Waals surface area contributed by atoms with Crippen molar-refractivity contribution < 1.29 is 0 Å². The van der Waals surface area contributed by atoms with Gasteiger partial charge >= 0.3 is 0 Å². The summed E-state index contributed by atoms with van der Waals surface area (Å²) in [5.41, 5.74) is 0.517. The van der Waals surface area contributed by atoms with Crippen molar-refractivity contribution in [3.63, 3.8) is 0 Å². The van der Waals surface area contributed by atoms with E-state index in [1.54, 1.807) is 0 Å². The van der Waals surface area contributed by atoms with Crippen LogP contribution in [-0.4, -0.2) is 37.1 Å². The minimum absolute atomic E-state index is 0.517. The minimum Gasteiger partial charge on any atom is -0.316 e. The van der Waals surface area contributed by atoms with Gasteiger partial charge in [-0.25, -0.2) is 0 Å². The molecule has 1 unspecified atom stereocenters. The average Bonchev–Trinajstić information content (AvgIpc) is 2.76. The highest BCUT2D eigenvalue weighted by atomic mass is 15.2. The van der Waals surface area contributed by atoms with Crippen molar-refractivity contribution in [3.05, 3.63) is 0 Å². The van der Waals surface area contributed by atoms with Crippen LogP contribution in [-0.2, 0) is 0 Å². The Balaban J connectivity index is 1.80. The lowest BCUT2D eigenvalue weighted by Crippen LogP contribution is -2.40. The second-order valence-corrected chi connectivity index (χ2v) is 7.14. The van der Waals surface area contributed by atoms with Crippen LogP contribution < -0.4 is 5.32 Å². The van der Waals surface area contributed by atoms with E-state index in [0.29, 0.717) is 5.41 Å². The molecule has 1 saturated heterocycles. The molecule has 1 heterocycles. The molecule has 0 radical (unpaired) electrons. The average molecular weight is 238 g/mol. The summed E-state index contributed by atoms with van der Waals surface area (Å²) in [7, 11) is 2.10. The summed E-state index contributed by atoms with van der Waals surface area (Å²) in [6.45, 7) is 9.82. The molecule has 2 rings (SSSR count). The molecule has 2 fully saturated rings. The molecule has 1 N–H and O–H groups in total. The summed E-state index contributed by atoms with van der Waals surface area (Å²) in [5, 5.41) is 3.42. The first kappa shape index (κ1) is 13.4. The van der Waals surface area contributed by atoms with E-state index in [9.17, 15) is 0 Å². The molecule has 1 saturated carbocycles. The number of hydrogen-bond acceptors (Lipinski definition) is 2. The van der Waals surface area contributed by atoms with E-state index in [4.69, 9.17) is 0 Å². The Hall–Kier alpha value is -0.0800. The van der Waals surface area contributed by atoms with Gasteiger partial charge in [0.25, 0.3) is 0 Å². The van der Waals surface area contributed by atoms with E-state index >= 15 is 0 Å². The number of rotatable bonds is 2. The maximum atomic E-state index is 3.42. The van der Waals surface area contributed by atoms with Crippen LogP contribution in [0.3, 0.4) is 0 Å². The number of nitrogens with one attached hydrogen (secondary N) is 1. The van der Waals surface area contributed by atoms with Crippen LogP contribution in [0.25, 0.3) is 0 Å². The second kappa shape index (κ2) is 5.27. The topological polar surface area (TPSA) is 15.3 Å². The number of hydrogen-bond donors (Lipinski definition) is 1. The van der Waals surface area contributed by atoms with E-state index in [-0.39, 0.29) is 0 Å². The van der Waals surface area contributed by atoms with Crippen LogP contribution >= 0.6 is 0 Å². The van der Waals surface area contributed by atoms with Crippen LogP contribution in [0.2, 0.25) is 0 Å². The van der Waals surface area contributed by atoms with Crippen LogP contribution in [0.1, 0.15) is 52.9 Å². The third-order valence-electron chi connectivity index (χ3n) is 5.07. The fourth-order valence-electron chi connectivity index (χ4n) is 3.66. The van der Waals surface area contributed by atoms with Crippen molar-refractivity contribution in [3.8, 4) is 0 Å². The monoisotopic (exact) mass is 238 g/mol. The van der Waals surface area contributed by atoms with Gasteiger partial charge < -0.3 is 5.32 Å². The van der Waals surface area contributed by atoms with E-state index in [2.05, 4.69) is 38.0 Å². The Labute approximate surface area is 107 Å². The molecule has 1 aliphatic carbocycles. The molecule has 100 valence electrons. The highest BCUT2D eigenvalue weighted by Crippen LogP contribution is 2.39. The summed E-state index contributed by atoms with van der Waals surface area (Å²) in [6.07, 6.45) is 7.08. The number of likely N-dealkylation sites (tertiary alicyclic amines) is 1. The Morgan fingerprint density at radius 2 is 1.65 bits per heavy atom. The maximum absolute atomic E-state index is 3.42. The molecule has 0 aromatic rings. The van der Waals surface area contributed by atoms with Gasteiger partial charge in [0, 0.05) is 25.2 Å². The van der Waals surface area contributed by atoms with Gasteiger partial charge in [-0.1, -0.05) is 20.8 Å². The third-order valence-corrected chi connectivity index (χ3v) is 5.07. The van der Waals surface area contributed by atoms with Crippen molar-refractivity contribution in [2.45, 2.75) is 65.0 Å². The van der Waals surface area contributed by atoms with Gasteiger partial charge in [-0.05, 0) is 50.5 Å². The molecule has 1 atom stereocenters. The molecule has 0 aromatic heterocycles. The van der Waals surface area contributed by atoms with Crippen LogP contribution in [0.15, 0.2) is 0 Å². The van der Waals surface area contributed by atoms with Gasteiger partial charge in [-0.2, -0.15) is 0 Å². The summed E-state index contributed by atoms with van der Waals surface area (Å²) in [4.78, 5) is 2.74. The molecule has 2 aliphatic rings. The highest BCUT2D eigenvalue weighted by Gasteiger charge is 2.34. The summed E-state index contributed by atoms with van der Waals surface area (Å²) in [5.74, 6) is 0.946. The molecular weight excluding hydrogens is 208 g/mol. The zero-order valence-electron chi connectivity index (χ0n) is 12.1. The first-order valence-electron chi connectivity index (χ1n) is 7.42. The van der Waals surface area contributed by atoms with Gasteiger partial charge in [0.1, 0.15) is 0 Å². The van der Waals surface area contributed by atoms with E-state index < -0.39 is 0 Å². The summed E-state index contributed by atoms with van der Waals surface area (Å²) < 4.78 is 0. The van der Waals surface area contributed by atoms with Crippen LogP contribution in [0.4, 0.5) is 0 Å².